The minimum Gasteiger partial charge on any atom is -0.389 e. The fourth-order valence-corrected chi connectivity index (χ4v) is 2.55. The lowest BCUT2D eigenvalue weighted by molar-refractivity contribution is -0.00999. The zero-order chi connectivity index (χ0) is 15.5. The predicted octanol–water partition coefficient (Wildman–Crippen LogP) is 1.11. The van der Waals surface area contributed by atoms with Crippen molar-refractivity contribution in [2.45, 2.75) is 45.3 Å². The van der Waals surface area contributed by atoms with Gasteiger partial charge in [-0.25, -0.2) is 0 Å². The fraction of sp³-hybridized carbons (Fsp3) is 1.00. The summed E-state index contributed by atoms with van der Waals surface area (Å²) >= 11 is 0. The number of likely N-dealkylation sites (tertiary alicyclic amines) is 1. The molecule has 1 aliphatic rings. The molecule has 1 rings (SSSR count). The van der Waals surface area contributed by atoms with E-state index >= 15 is 0 Å². The van der Waals surface area contributed by atoms with Crippen LogP contribution in [0.4, 0.5) is 0 Å². The minimum absolute atomic E-state index is 0.236. The van der Waals surface area contributed by atoms with Gasteiger partial charge < -0.3 is 24.8 Å². The topological polar surface area (TPSA) is 54.0 Å². The zero-order valence-electron chi connectivity index (χ0n) is 14.0. The van der Waals surface area contributed by atoms with Gasteiger partial charge in [0.1, 0.15) is 0 Å². The van der Waals surface area contributed by atoms with Gasteiger partial charge in [-0.2, -0.15) is 0 Å². The van der Waals surface area contributed by atoms with Gasteiger partial charge in [0.2, 0.25) is 0 Å². The first-order valence-corrected chi connectivity index (χ1v) is 8.34. The van der Waals surface area contributed by atoms with Crippen molar-refractivity contribution in [3.63, 3.8) is 0 Å². The van der Waals surface area contributed by atoms with Crippen LogP contribution >= 0.6 is 0 Å². The number of hydrogen-bond donors (Lipinski definition) is 2. The van der Waals surface area contributed by atoms with Gasteiger partial charge in [0, 0.05) is 6.54 Å². The van der Waals surface area contributed by atoms with Crippen LogP contribution in [0.1, 0.15) is 33.1 Å². The van der Waals surface area contributed by atoms with Crippen LogP contribution in [0.5, 0.6) is 0 Å². The molecular formula is C16H34N2O3. The predicted molar refractivity (Wildman–Crippen MR) is 85.6 cm³/mol. The van der Waals surface area contributed by atoms with E-state index in [0.29, 0.717) is 26.4 Å². The second-order valence-electron chi connectivity index (χ2n) is 6.39. The number of ether oxygens (including phenoxy) is 2. The monoisotopic (exact) mass is 302 g/mol. The van der Waals surface area contributed by atoms with E-state index in [1.54, 1.807) is 0 Å². The van der Waals surface area contributed by atoms with Gasteiger partial charge in [-0.1, -0.05) is 0 Å². The summed E-state index contributed by atoms with van der Waals surface area (Å²) < 4.78 is 10.8. The average molecular weight is 302 g/mol. The third-order valence-electron chi connectivity index (χ3n) is 3.94. The van der Waals surface area contributed by atoms with Crippen LogP contribution in [0.2, 0.25) is 0 Å². The van der Waals surface area contributed by atoms with Gasteiger partial charge in [-0.15, -0.1) is 0 Å². The van der Waals surface area contributed by atoms with Crippen molar-refractivity contribution in [2.24, 2.45) is 5.92 Å². The van der Waals surface area contributed by atoms with Gasteiger partial charge in [0.05, 0.1) is 32.0 Å². The Morgan fingerprint density at radius 2 is 1.95 bits per heavy atom. The van der Waals surface area contributed by atoms with Crippen LogP contribution in [-0.2, 0) is 9.47 Å². The van der Waals surface area contributed by atoms with E-state index in [1.165, 1.54) is 32.4 Å². The van der Waals surface area contributed by atoms with E-state index in [1.807, 2.05) is 13.8 Å². The molecule has 1 aliphatic heterocycles. The Bertz CT molecular complexity index is 244. The lowest BCUT2D eigenvalue weighted by Crippen LogP contribution is -2.34. The Labute approximate surface area is 130 Å². The average Bonchev–Trinajstić information content (AvgIpc) is 2.45. The number of rotatable bonds is 11. The van der Waals surface area contributed by atoms with Crippen molar-refractivity contribution >= 4 is 0 Å². The van der Waals surface area contributed by atoms with E-state index in [4.69, 9.17) is 9.47 Å². The summed E-state index contributed by atoms with van der Waals surface area (Å²) in [5, 5.41) is 13.1. The molecule has 0 aliphatic carbocycles. The number of nitrogens with zero attached hydrogens (tertiary/aromatic N) is 1. The largest absolute Gasteiger partial charge is 0.389 e. The molecule has 0 bridgehead atoms. The molecule has 1 heterocycles. The van der Waals surface area contributed by atoms with Crippen LogP contribution in [0.3, 0.4) is 0 Å². The molecule has 1 saturated heterocycles. The maximum atomic E-state index is 9.79. The molecule has 1 atom stereocenters. The first-order chi connectivity index (χ1) is 10.1. The number of hydrogen-bond acceptors (Lipinski definition) is 5. The quantitative estimate of drug-likeness (QED) is 0.560. The molecule has 0 spiro atoms. The van der Waals surface area contributed by atoms with Crippen LogP contribution in [0.25, 0.3) is 0 Å². The zero-order valence-corrected chi connectivity index (χ0v) is 14.0. The number of piperidine rings is 1. The molecule has 21 heavy (non-hydrogen) atoms. The third kappa shape index (κ3) is 10.2. The van der Waals surface area contributed by atoms with Crippen molar-refractivity contribution in [3.05, 3.63) is 0 Å². The molecule has 5 nitrogen and oxygen atoms in total. The lowest BCUT2D eigenvalue weighted by Gasteiger charge is -2.29. The fourth-order valence-electron chi connectivity index (χ4n) is 2.55. The summed E-state index contributed by atoms with van der Waals surface area (Å²) in [7, 11) is 2.19. The molecule has 1 fully saturated rings. The summed E-state index contributed by atoms with van der Waals surface area (Å²) in [6.07, 6.45) is 3.63. The molecule has 0 aromatic rings. The van der Waals surface area contributed by atoms with E-state index in [0.717, 1.165) is 12.5 Å². The van der Waals surface area contributed by atoms with Crippen molar-refractivity contribution in [2.75, 3.05) is 53.0 Å². The molecule has 126 valence electrons. The van der Waals surface area contributed by atoms with Gasteiger partial charge >= 0.3 is 0 Å². The molecule has 2 N–H and O–H groups in total. The molecule has 0 amide bonds. The van der Waals surface area contributed by atoms with Crippen molar-refractivity contribution in [3.8, 4) is 0 Å². The van der Waals surface area contributed by atoms with Crippen molar-refractivity contribution in [1.29, 1.82) is 0 Å². The SMILES string of the molecule is CC(C)OCCOCC(O)CNCCC1CCN(C)CC1. The Morgan fingerprint density at radius 1 is 1.24 bits per heavy atom. The highest BCUT2D eigenvalue weighted by atomic mass is 16.5. The smallest absolute Gasteiger partial charge is 0.0897 e. The van der Waals surface area contributed by atoms with Gasteiger partial charge in [0.25, 0.3) is 0 Å². The highest BCUT2D eigenvalue weighted by Gasteiger charge is 2.16. The second kappa shape index (κ2) is 11.4. The molecule has 0 saturated carbocycles. The van der Waals surface area contributed by atoms with Crippen LogP contribution in [-0.4, -0.2) is 75.3 Å². The summed E-state index contributed by atoms with van der Waals surface area (Å²) in [6.45, 7) is 9.56. The number of aliphatic hydroxyl groups is 1. The Balaban J connectivity index is 1.88. The van der Waals surface area contributed by atoms with Crippen LogP contribution in [0.15, 0.2) is 0 Å². The number of nitrogens with one attached hydrogen (secondary N) is 1. The Hall–Kier alpha value is -0.200. The maximum Gasteiger partial charge on any atom is 0.0897 e. The number of aliphatic hydroxyl groups excluding tert-OH is 1. The summed E-state index contributed by atoms with van der Waals surface area (Å²) in [5.74, 6) is 0.843. The Morgan fingerprint density at radius 3 is 2.62 bits per heavy atom. The standard InChI is InChI=1S/C16H34N2O3/c1-14(2)21-11-10-20-13-16(19)12-17-7-4-15-5-8-18(3)9-6-15/h14-17,19H,4-13H2,1-3H3. The van der Waals surface area contributed by atoms with E-state index in [2.05, 4.69) is 17.3 Å². The highest BCUT2D eigenvalue weighted by Crippen LogP contribution is 2.18. The molecule has 0 radical (unpaired) electrons. The minimum atomic E-state index is -0.429. The Kier molecular flexibility index (Phi) is 10.2. The van der Waals surface area contributed by atoms with Crippen molar-refractivity contribution in [1.82, 2.24) is 10.2 Å². The third-order valence-corrected chi connectivity index (χ3v) is 3.94. The van der Waals surface area contributed by atoms with Gasteiger partial charge in [-0.3, -0.25) is 0 Å². The first-order valence-electron chi connectivity index (χ1n) is 8.34. The van der Waals surface area contributed by atoms with Crippen LogP contribution < -0.4 is 5.32 Å². The second-order valence-corrected chi connectivity index (χ2v) is 6.39. The lowest BCUT2D eigenvalue weighted by atomic mass is 9.94. The van der Waals surface area contributed by atoms with E-state index in [9.17, 15) is 5.11 Å². The van der Waals surface area contributed by atoms with Crippen molar-refractivity contribution < 1.29 is 14.6 Å². The summed E-state index contributed by atoms with van der Waals surface area (Å²) in [5.41, 5.74) is 0. The first kappa shape index (κ1) is 18.8. The normalized spacial score (nSPS) is 19.3. The maximum absolute atomic E-state index is 9.79. The summed E-state index contributed by atoms with van der Waals surface area (Å²) in [6, 6.07) is 0. The summed E-state index contributed by atoms with van der Waals surface area (Å²) in [4.78, 5) is 2.40. The molecule has 0 aromatic heterocycles. The van der Waals surface area contributed by atoms with Gasteiger partial charge in [-0.05, 0) is 65.7 Å². The highest BCUT2D eigenvalue weighted by molar-refractivity contribution is 4.71. The molecule has 0 aromatic carbocycles. The molecule has 1 unspecified atom stereocenters. The van der Waals surface area contributed by atoms with Gasteiger partial charge in [0.15, 0.2) is 0 Å². The molecule has 5 heteroatoms. The van der Waals surface area contributed by atoms with Crippen LogP contribution in [0, 0.1) is 5.92 Å². The van der Waals surface area contributed by atoms with E-state index < -0.39 is 6.10 Å². The van der Waals surface area contributed by atoms with E-state index in [-0.39, 0.29) is 6.10 Å². The molecular weight excluding hydrogens is 268 g/mol.